The Hall–Kier alpha value is -2.70. The molecule has 0 unspecified atom stereocenters. The summed E-state index contributed by atoms with van der Waals surface area (Å²) in [5.41, 5.74) is 0.206. The van der Waals surface area contributed by atoms with Gasteiger partial charge < -0.3 is 4.98 Å². The van der Waals surface area contributed by atoms with Gasteiger partial charge in [-0.1, -0.05) is 6.07 Å². The number of pyridine rings is 1. The molecule has 0 saturated carbocycles. The molecule has 0 aliphatic heterocycles. The Balaban J connectivity index is 2.37. The van der Waals surface area contributed by atoms with Crippen molar-refractivity contribution in [3.8, 4) is 11.5 Å². The first-order valence-electron chi connectivity index (χ1n) is 5.27. The van der Waals surface area contributed by atoms with Crippen LogP contribution in [0.15, 0.2) is 34.0 Å². The second-order valence-corrected chi connectivity index (χ2v) is 3.82. The first-order valence-corrected chi connectivity index (χ1v) is 5.27. The van der Waals surface area contributed by atoms with Crippen molar-refractivity contribution in [1.29, 1.82) is 0 Å². The fourth-order valence-electron chi connectivity index (χ4n) is 1.73. The molecule has 0 amide bonds. The molecule has 3 rings (SSSR count). The quantitative estimate of drug-likeness (QED) is 0.629. The van der Waals surface area contributed by atoms with E-state index in [-0.39, 0.29) is 5.52 Å². The van der Waals surface area contributed by atoms with E-state index in [1.54, 1.807) is 25.4 Å². The Morgan fingerprint density at radius 3 is 2.78 bits per heavy atom. The zero-order chi connectivity index (χ0) is 12.7. The highest BCUT2D eigenvalue weighted by molar-refractivity contribution is 5.74. The predicted molar refractivity (Wildman–Crippen MR) is 65.2 cm³/mol. The van der Waals surface area contributed by atoms with Crippen LogP contribution in [0, 0.1) is 0 Å². The Kier molecular flexibility index (Phi) is 2.12. The molecule has 0 saturated heterocycles. The number of aromatic amines is 2. The third kappa shape index (κ3) is 1.45. The van der Waals surface area contributed by atoms with Gasteiger partial charge in [-0.25, -0.2) is 9.78 Å². The van der Waals surface area contributed by atoms with Gasteiger partial charge in [0.2, 0.25) is 0 Å². The summed E-state index contributed by atoms with van der Waals surface area (Å²) in [5.74, 6) is 0.456. The van der Waals surface area contributed by atoms with Gasteiger partial charge in [0.15, 0.2) is 11.5 Å². The molecular formula is C11H9N5O2. The zero-order valence-corrected chi connectivity index (χ0v) is 9.47. The number of fused-ring (bicyclic) bond motifs is 1. The third-order valence-electron chi connectivity index (χ3n) is 2.66. The van der Waals surface area contributed by atoms with Crippen molar-refractivity contribution in [3.63, 3.8) is 0 Å². The van der Waals surface area contributed by atoms with E-state index in [0.717, 1.165) is 0 Å². The summed E-state index contributed by atoms with van der Waals surface area (Å²) in [6.45, 7) is 0. The molecule has 18 heavy (non-hydrogen) atoms. The van der Waals surface area contributed by atoms with E-state index in [2.05, 4.69) is 19.9 Å². The molecule has 0 aliphatic carbocycles. The minimum Gasteiger partial charge on any atom is -0.331 e. The lowest BCUT2D eigenvalue weighted by Crippen LogP contribution is -2.28. The van der Waals surface area contributed by atoms with Gasteiger partial charge in [0.05, 0.1) is 0 Å². The number of nitrogens with one attached hydrogen (secondary N) is 2. The van der Waals surface area contributed by atoms with E-state index in [1.165, 1.54) is 4.57 Å². The van der Waals surface area contributed by atoms with E-state index in [0.29, 0.717) is 17.2 Å². The Bertz CT molecular complexity index is 828. The van der Waals surface area contributed by atoms with Crippen molar-refractivity contribution in [2.24, 2.45) is 7.05 Å². The van der Waals surface area contributed by atoms with E-state index < -0.39 is 11.2 Å². The summed E-state index contributed by atoms with van der Waals surface area (Å²) >= 11 is 0. The van der Waals surface area contributed by atoms with Crippen LogP contribution >= 0.6 is 0 Å². The van der Waals surface area contributed by atoms with Crippen LogP contribution in [0.5, 0.6) is 0 Å². The maximum atomic E-state index is 11.6. The first kappa shape index (κ1) is 10.5. The second-order valence-electron chi connectivity index (χ2n) is 3.82. The highest BCUT2D eigenvalue weighted by Gasteiger charge is 2.12. The molecule has 90 valence electrons. The van der Waals surface area contributed by atoms with Crippen molar-refractivity contribution >= 4 is 11.2 Å². The minimum absolute atomic E-state index is 0.262. The van der Waals surface area contributed by atoms with Crippen molar-refractivity contribution in [3.05, 3.63) is 45.2 Å². The molecule has 3 heterocycles. The highest BCUT2D eigenvalue weighted by atomic mass is 16.2. The number of aromatic nitrogens is 5. The minimum atomic E-state index is -0.494. The molecule has 3 aromatic rings. The molecule has 7 nitrogen and oxygen atoms in total. The normalized spacial score (nSPS) is 10.9. The smallest absolute Gasteiger partial charge is 0.329 e. The number of H-pyrrole nitrogens is 2. The Morgan fingerprint density at radius 2 is 2.06 bits per heavy atom. The average Bonchev–Trinajstić information content (AvgIpc) is 2.83. The van der Waals surface area contributed by atoms with Crippen LogP contribution in [0.1, 0.15) is 0 Å². The van der Waals surface area contributed by atoms with Crippen molar-refractivity contribution in [2.45, 2.75) is 0 Å². The Morgan fingerprint density at radius 1 is 1.22 bits per heavy atom. The summed E-state index contributed by atoms with van der Waals surface area (Å²) in [6.07, 6.45) is 1.63. The monoisotopic (exact) mass is 243 g/mol. The average molecular weight is 243 g/mol. The number of hydrogen-bond donors (Lipinski definition) is 2. The summed E-state index contributed by atoms with van der Waals surface area (Å²) in [6, 6.07) is 5.37. The third-order valence-corrected chi connectivity index (χ3v) is 2.66. The van der Waals surface area contributed by atoms with Crippen LogP contribution in [-0.4, -0.2) is 24.5 Å². The van der Waals surface area contributed by atoms with Crippen LogP contribution in [0.25, 0.3) is 22.7 Å². The fourth-order valence-corrected chi connectivity index (χ4v) is 1.73. The zero-order valence-electron chi connectivity index (χ0n) is 9.47. The molecule has 0 atom stereocenters. The van der Waals surface area contributed by atoms with Crippen LogP contribution in [0.2, 0.25) is 0 Å². The maximum absolute atomic E-state index is 11.6. The van der Waals surface area contributed by atoms with Gasteiger partial charge in [0, 0.05) is 13.2 Å². The van der Waals surface area contributed by atoms with Gasteiger partial charge in [-0.3, -0.25) is 19.3 Å². The number of imidazole rings is 1. The van der Waals surface area contributed by atoms with Gasteiger partial charge >= 0.3 is 5.69 Å². The van der Waals surface area contributed by atoms with Gasteiger partial charge in [-0.15, -0.1) is 0 Å². The molecule has 0 radical (unpaired) electrons. The van der Waals surface area contributed by atoms with E-state index >= 15 is 0 Å². The molecule has 0 aliphatic rings. The van der Waals surface area contributed by atoms with Crippen molar-refractivity contribution in [1.82, 2.24) is 24.5 Å². The van der Waals surface area contributed by atoms with Crippen molar-refractivity contribution in [2.75, 3.05) is 0 Å². The topological polar surface area (TPSA) is 96.4 Å². The van der Waals surface area contributed by atoms with Crippen LogP contribution < -0.4 is 11.2 Å². The van der Waals surface area contributed by atoms with E-state index in [9.17, 15) is 9.59 Å². The lowest BCUT2D eigenvalue weighted by molar-refractivity contribution is 0.832. The summed E-state index contributed by atoms with van der Waals surface area (Å²) in [4.78, 5) is 36.5. The van der Waals surface area contributed by atoms with Crippen LogP contribution in [0.3, 0.4) is 0 Å². The predicted octanol–water partition coefficient (Wildman–Crippen LogP) is 0.0119. The van der Waals surface area contributed by atoms with Gasteiger partial charge in [0.25, 0.3) is 5.56 Å². The van der Waals surface area contributed by atoms with Gasteiger partial charge in [-0.2, -0.15) is 0 Å². The number of nitrogens with zero attached hydrogens (tertiary/aromatic N) is 3. The molecule has 0 spiro atoms. The maximum Gasteiger partial charge on any atom is 0.329 e. The standard InChI is InChI=1S/C11H9N5O2/c1-16-9-7(10(17)15-11(16)18)13-8(14-9)6-4-2-3-5-12-6/h2-5H,1H3,(H,13,14)(H,15,17,18). The van der Waals surface area contributed by atoms with Crippen molar-refractivity contribution < 1.29 is 0 Å². The number of aryl methyl sites for hydroxylation is 1. The lowest BCUT2D eigenvalue weighted by Gasteiger charge is -1.94. The largest absolute Gasteiger partial charge is 0.331 e. The number of rotatable bonds is 1. The molecule has 0 fully saturated rings. The molecule has 3 aromatic heterocycles. The lowest BCUT2D eigenvalue weighted by atomic mass is 10.3. The molecule has 0 aromatic carbocycles. The molecular weight excluding hydrogens is 234 g/mol. The van der Waals surface area contributed by atoms with Gasteiger partial charge in [0.1, 0.15) is 11.2 Å². The summed E-state index contributed by atoms with van der Waals surface area (Å²) < 4.78 is 1.28. The summed E-state index contributed by atoms with van der Waals surface area (Å²) in [5, 5.41) is 0. The van der Waals surface area contributed by atoms with Crippen LogP contribution in [-0.2, 0) is 7.05 Å². The first-order chi connectivity index (χ1) is 8.66. The summed E-state index contributed by atoms with van der Waals surface area (Å²) in [7, 11) is 1.55. The fraction of sp³-hybridized carbons (Fsp3) is 0.0909. The molecule has 0 bridgehead atoms. The van der Waals surface area contributed by atoms with Crippen LogP contribution in [0.4, 0.5) is 0 Å². The van der Waals surface area contributed by atoms with Gasteiger partial charge in [-0.05, 0) is 12.1 Å². The number of hydrogen-bond acceptors (Lipinski definition) is 4. The Labute approximate surface area is 100 Å². The SMILES string of the molecule is Cn1c(=O)[nH]c(=O)c2[nH]c(-c3ccccn3)nc21. The van der Waals surface area contributed by atoms with E-state index in [4.69, 9.17) is 0 Å². The second kappa shape index (κ2) is 3.66. The molecule has 7 heteroatoms. The highest BCUT2D eigenvalue weighted by Crippen LogP contribution is 2.14. The van der Waals surface area contributed by atoms with E-state index in [1.807, 2.05) is 6.07 Å². The molecule has 2 N–H and O–H groups in total.